The Balaban J connectivity index is 1.78. The lowest BCUT2D eigenvalue weighted by Gasteiger charge is -2.13. The van der Waals surface area contributed by atoms with Gasteiger partial charge in [0.25, 0.3) is 17.2 Å². The van der Waals surface area contributed by atoms with Crippen molar-refractivity contribution in [2.45, 2.75) is 20.0 Å². The number of hydrogen-bond donors (Lipinski definition) is 2. The van der Waals surface area contributed by atoms with Crippen LogP contribution in [0, 0.1) is 6.92 Å². The highest BCUT2D eigenvalue weighted by atomic mass is 35.5. The van der Waals surface area contributed by atoms with Crippen LogP contribution in [0.15, 0.2) is 35.1 Å². The number of H-pyrrole nitrogens is 1. The van der Waals surface area contributed by atoms with E-state index in [1.807, 2.05) is 18.2 Å². The third kappa shape index (κ3) is 3.09. The molecule has 8 nitrogen and oxygen atoms in total. The topological polar surface area (TPSA) is 101 Å². The smallest absolute Gasteiger partial charge is 0.293 e. The molecule has 124 valence electrons. The van der Waals surface area contributed by atoms with E-state index in [4.69, 9.17) is 16.3 Å². The van der Waals surface area contributed by atoms with E-state index < -0.39 is 17.6 Å². The molecule has 0 aliphatic rings. The normalized spacial score (nSPS) is 12.1. The number of aromatic amines is 1. The molecule has 1 amide bonds. The maximum Gasteiger partial charge on any atom is 0.293 e. The van der Waals surface area contributed by atoms with E-state index >= 15 is 0 Å². The minimum atomic E-state index is -0.754. The molecule has 0 fully saturated rings. The summed E-state index contributed by atoms with van der Waals surface area (Å²) in [6.45, 7) is 3.21. The molecule has 24 heavy (non-hydrogen) atoms. The predicted molar refractivity (Wildman–Crippen MR) is 88.5 cm³/mol. The van der Waals surface area contributed by atoms with Gasteiger partial charge in [-0.2, -0.15) is 9.50 Å². The number of amides is 1. The van der Waals surface area contributed by atoms with Crippen LogP contribution in [0.2, 0.25) is 5.02 Å². The van der Waals surface area contributed by atoms with Gasteiger partial charge in [0.15, 0.2) is 6.10 Å². The summed E-state index contributed by atoms with van der Waals surface area (Å²) >= 11 is 5.86. The lowest BCUT2D eigenvalue weighted by molar-refractivity contribution is -0.122. The highest BCUT2D eigenvalue weighted by Gasteiger charge is 2.18. The summed E-state index contributed by atoms with van der Waals surface area (Å²) in [6, 6.07) is 8.97. The van der Waals surface area contributed by atoms with E-state index in [1.54, 1.807) is 26.0 Å². The first kappa shape index (κ1) is 16.0. The SMILES string of the molecule is Cc1nc2nc(NC(=O)C(C)Oc3ccccc3)[nH]n2c(=O)c1Cl. The number of nitrogens with zero attached hydrogens (tertiary/aromatic N) is 3. The van der Waals surface area contributed by atoms with Crippen LogP contribution in [0.3, 0.4) is 0 Å². The Morgan fingerprint density at radius 3 is 2.75 bits per heavy atom. The minimum Gasteiger partial charge on any atom is -0.481 e. The number of carbonyl (C=O) groups is 1. The average Bonchev–Trinajstić information content (AvgIpc) is 2.96. The number of fused-ring (bicyclic) bond motifs is 1. The van der Waals surface area contributed by atoms with E-state index in [0.717, 1.165) is 4.52 Å². The summed E-state index contributed by atoms with van der Waals surface area (Å²) in [5.74, 6) is 0.349. The van der Waals surface area contributed by atoms with Gasteiger partial charge < -0.3 is 4.74 Å². The van der Waals surface area contributed by atoms with Crippen LogP contribution in [0.25, 0.3) is 5.78 Å². The van der Waals surface area contributed by atoms with Crippen LogP contribution in [0.4, 0.5) is 5.95 Å². The Morgan fingerprint density at radius 1 is 1.33 bits per heavy atom. The molecule has 3 aromatic rings. The van der Waals surface area contributed by atoms with Gasteiger partial charge in [-0.15, -0.1) is 0 Å². The predicted octanol–water partition coefficient (Wildman–Crippen LogP) is 1.79. The number of nitrogens with one attached hydrogen (secondary N) is 2. The maximum atomic E-state index is 12.2. The van der Waals surface area contributed by atoms with Gasteiger partial charge in [-0.05, 0) is 26.0 Å². The van der Waals surface area contributed by atoms with Crippen LogP contribution in [0.5, 0.6) is 5.75 Å². The highest BCUT2D eigenvalue weighted by Crippen LogP contribution is 2.12. The second-order valence-electron chi connectivity index (χ2n) is 5.09. The van der Waals surface area contributed by atoms with E-state index in [-0.39, 0.29) is 16.7 Å². The molecule has 0 radical (unpaired) electrons. The molecule has 0 bridgehead atoms. The third-order valence-electron chi connectivity index (χ3n) is 3.27. The molecule has 0 aliphatic heterocycles. The minimum absolute atomic E-state index is 0.00481. The molecule has 0 aliphatic carbocycles. The first-order valence-corrected chi connectivity index (χ1v) is 7.51. The Hall–Kier alpha value is -2.87. The number of aromatic nitrogens is 4. The molecule has 2 heterocycles. The zero-order valence-corrected chi connectivity index (χ0v) is 13.7. The number of halogens is 1. The number of ether oxygens (including phenoxy) is 1. The number of hydrogen-bond acceptors (Lipinski definition) is 5. The lowest BCUT2D eigenvalue weighted by atomic mass is 10.3. The lowest BCUT2D eigenvalue weighted by Crippen LogP contribution is -2.30. The number of aryl methyl sites for hydroxylation is 1. The van der Waals surface area contributed by atoms with Crippen molar-refractivity contribution in [2.75, 3.05) is 5.32 Å². The zero-order valence-electron chi connectivity index (χ0n) is 12.9. The number of benzene rings is 1. The van der Waals surface area contributed by atoms with Crippen LogP contribution >= 0.6 is 11.6 Å². The molecule has 2 aromatic heterocycles. The summed E-state index contributed by atoms with van der Waals surface area (Å²) in [5, 5.41) is 5.18. The van der Waals surface area contributed by atoms with Crippen LogP contribution in [0.1, 0.15) is 12.6 Å². The Kier molecular flexibility index (Phi) is 4.22. The number of anilines is 1. The quantitative estimate of drug-likeness (QED) is 0.749. The van der Waals surface area contributed by atoms with Gasteiger partial charge in [0, 0.05) is 0 Å². The van der Waals surface area contributed by atoms with Gasteiger partial charge in [0.1, 0.15) is 10.8 Å². The van der Waals surface area contributed by atoms with Crippen molar-refractivity contribution in [2.24, 2.45) is 0 Å². The van der Waals surface area contributed by atoms with Crippen LogP contribution in [-0.2, 0) is 4.79 Å². The monoisotopic (exact) mass is 347 g/mol. The molecule has 2 N–H and O–H groups in total. The van der Waals surface area contributed by atoms with Gasteiger partial charge in [-0.25, -0.2) is 4.98 Å². The molecule has 1 atom stereocenters. The van der Waals surface area contributed by atoms with Crippen molar-refractivity contribution in [1.29, 1.82) is 0 Å². The zero-order chi connectivity index (χ0) is 17.3. The first-order valence-electron chi connectivity index (χ1n) is 7.13. The Bertz CT molecular complexity index is 951. The van der Waals surface area contributed by atoms with Crippen molar-refractivity contribution in [3.63, 3.8) is 0 Å². The number of para-hydroxylation sites is 1. The Morgan fingerprint density at radius 2 is 2.04 bits per heavy atom. The van der Waals surface area contributed by atoms with Crippen molar-refractivity contribution in [3.8, 4) is 5.75 Å². The fourth-order valence-electron chi connectivity index (χ4n) is 2.03. The van der Waals surface area contributed by atoms with Gasteiger partial charge in [-0.3, -0.25) is 20.0 Å². The summed E-state index contributed by atoms with van der Waals surface area (Å²) in [7, 11) is 0. The average molecular weight is 348 g/mol. The van der Waals surface area contributed by atoms with Crippen LogP contribution < -0.4 is 15.6 Å². The van der Waals surface area contributed by atoms with Crippen LogP contribution in [-0.4, -0.2) is 31.6 Å². The Labute approximate surface area is 141 Å². The molecular formula is C15H14ClN5O3. The second kappa shape index (κ2) is 6.32. The summed E-state index contributed by atoms with van der Waals surface area (Å²) < 4.78 is 6.59. The van der Waals surface area contributed by atoms with E-state index in [9.17, 15) is 9.59 Å². The second-order valence-corrected chi connectivity index (χ2v) is 5.46. The fourth-order valence-corrected chi connectivity index (χ4v) is 2.16. The molecule has 0 saturated heterocycles. The van der Waals surface area contributed by atoms with Crippen molar-refractivity contribution in [3.05, 3.63) is 51.4 Å². The van der Waals surface area contributed by atoms with E-state index in [1.165, 1.54) is 0 Å². The summed E-state index contributed by atoms with van der Waals surface area (Å²) in [6.07, 6.45) is -0.754. The molecule has 1 aromatic carbocycles. The number of carbonyl (C=O) groups excluding carboxylic acids is 1. The third-order valence-corrected chi connectivity index (χ3v) is 3.71. The standard InChI is InChI=1S/C15H14ClN5O3/c1-8-11(16)13(23)21-15(17-8)19-14(20-21)18-12(22)9(2)24-10-6-4-3-5-7-10/h3-7,9H,1-2H3,(H2,17,18,19,20,22). The van der Waals surface area contributed by atoms with Crippen molar-refractivity contribution >= 4 is 29.2 Å². The molecule has 0 spiro atoms. The van der Waals surface area contributed by atoms with Gasteiger partial charge in [-0.1, -0.05) is 29.8 Å². The van der Waals surface area contributed by atoms with Crippen molar-refractivity contribution in [1.82, 2.24) is 19.6 Å². The summed E-state index contributed by atoms with van der Waals surface area (Å²) in [4.78, 5) is 32.3. The van der Waals surface area contributed by atoms with Gasteiger partial charge >= 0.3 is 0 Å². The van der Waals surface area contributed by atoms with E-state index in [2.05, 4.69) is 20.4 Å². The maximum absolute atomic E-state index is 12.2. The molecule has 1 unspecified atom stereocenters. The molecule has 3 rings (SSSR count). The fraction of sp³-hybridized carbons (Fsp3) is 0.200. The summed E-state index contributed by atoms with van der Waals surface area (Å²) in [5.41, 5.74) is -0.118. The number of rotatable bonds is 4. The first-order chi connectivity index (χ1) is 11.5. The highest BCUT2D eigenvalue weighted by molar-refractivity contribution is 6.31. The van der Waals surface area contributed by atoms with E-state index in [0.29, 0.717) is 11.4 Å². The molecule has 0 saturated carbocycles. The van der Waals surface area contributed by atoms with Gasteiger partial charge in [0.05, 0.1) is 5.69 Å². The molecular weight excluding hydrogens is 334 g/mol. The van der Waals surface area contributed by atoms with Crippen molar-refractivity contribution < 1.29 is 9.53 Å². The molecule has 9 heteroatoms. The largest absolute Gasteiger partial charge is 0.481 e. The van der Waals surface area contributed by atoms with Gasteiger partial charge in [0.2, 0.25) is 5.95 Å².